The van der Waals surface area contributed by atoms with Gasteiger partial charge in [-0.05, 0) is 44.8 Å². The number of benzene rings is 1. The highest BCUT2D eigenvalue weighted by atomic mass is 32.2. The zero-order chi connectivity index (χ0) is 13.6. The molecule has 98 valence electrons. The van der Waals surface area contributed by atoms with Gasteiger partial charge in [0.1, 0.15) is 5.54 Å². The van der Waals surface area contributed by atoms with E-state index in [0.29, 0.717) is 0 Å². The van der Waals surface area contributed by atoms with Gasteiger partial charge in [-0.3, -0.25) is 0 Å². The maximum Gasteiger partial charge on any atom is 0.248 e. The third-order valence-corrected chi connectivity index (χ3v) is 5.19. The average Bonchev–Trinajstić information content (AvgIpc) is 2.44. The molecule has 1 aromatic carbocycles. The zero-order valence-corrected chi connectivity index (χ0v) is 12.4. The van der Waals surface area contributed by atoms with Crippen LogP contribution in [0, 0.1) is 5.21 Å². The SMILES string of the molecule is CN1C(C)(C)C(Sc2ccccc2)=[N+]([O-])C1(C)C. The van der Waals surface area contributed by atoms with Crippen molar-refractivity contribution in [2.45, 2.75) is 43.8 Å². The maximum absolute atomic E-state index is 12.5. The predicted octanol–water partition coefficient (Wildman–Crippen LogP) is 3.15. The number of hydrogen-bond acceptors (Lipinski definition) is 3. The van der Waals surface area contributed by atoms with Crippen molar-refractivity contribution in [2.75, 3.05) is 7.05 Å². The number of thioether (sulfide) groups is 1. The van der Waals surface area contributed by atoms with Crippen LogP contribution in [-0.2, 0) is 0 Å². The van der Waals surface area contributed by atoms with Gasteiger partial charge in [0.25, 0.3) is 0 Å². The average molecular weight is 264 g/mol. The first-order valence-electron chi connectivity index (χ1n) is 6.09. The summed E-state index contributed by atoms with van der Waals surface area (Å²) >= 11 is 1.56. The molecule has 0 unspecified atom stereocenters. The molecule has 1 aliphatic heterocycles. The second kappa shape index (κ2) is 4.28. The van der Waals surface area contributed by atoms with Gasteiger partial charge in [-0.1, -0.05) is 18.2 Å². The molecule has 0 saturated heterocycles. The standard InChI is InChI=1S/C14H20N2OS/c1-13(2)12(16(17)14(3,4)15(13)5)18-11-9-7-6-8-10-11/h6-10H,1-5H3. The van der Waals surface area contributed by atoms with Crippen molar-refractivity contribution in [3.8, 4) is 0 Å². The monoisotopic (exact) mass is 264 g/mol. The number of rotatable bonds is 1. The van der Waals surface area contributed by atoms with E-state index in [0.717, 1.165) is 14.7 Å². The van der Waals surface area contributed by atoms with E-state index in [2.05, 4.69) is 18.7 Å². The lowest BCUT2D eigenvalue weighted by molar-refractivity contribution is -0.554. The van der Waals surface area contributed by atoms with Crippen LogP contribution < -0.4 is 0 Å². The fourth-order valence-electron chi connectivity index (χ4n) is 2.23. The summed E-state index contributed by atoms with van der Waals surface area (Å²) in [5.74, 6) is 0. The van der Waals surface area contributed by atoms with Crippen molar-refractivity contribution in [3.05, 3.63) is 35.5 Å². The molecule has 1 heterocycles. The normalized spacial score (nSPS) is 22.5. The first-order chi connectivity index (χ1) is 8.28. The van der Waals surface area contributed by atoms with Gasteiger partial charge in [-0.2, -0.15) is 4.74 Å². The van der Waals surface area contributed by atoms with Crippen LogP contribution in [0.25, 0.3) is 0 Å². The molecule has 1 aromatic rings. The molecule has 18 heavy (non-hydrogen) atoms. The number of hydrogen-bond donors (Lipinski definition) is 0. The summed E-state index contributed by atoms with van der Waals surface area (Å²) in [6.45, 7) is 8.11. The highest BCUT2D eigenvalue weighted by Gasteiger charge is 2.54. The maximum atomic E-state index is 12.5. The van der Waals surface area contributed by atoms with Crippen molar-refractivity contribution in [3.63, 3.8) is 0 Å². The molecule has 0 fully saturated rings. The van der Waals surface area contributed by atoms with Crippen LogP contribution in [0.4, 0.5) is 0 Å². The molecular formula is C14H20N2OS. The van der Waals surface area contributed by atoms with Gasteiger partial charge >= 0.3 is 0 Å². The van der Waals surface area contributed by atoms with Crippen molar-refractivity contribution >= 4 is 16.8 Å². The smallest absolute Gasteiger partial charge is 0.248 e. The molecule has 0 amide bonds. The van der Waals surface area contributed by atoms with Crippen molar-refractivity contribution < 1.29 is 4.74 Å². The Morgan fingerprint density at radius 2 is 1.67 bits per heavy atom. The van der Waals surface area contributed by atoms with Crippen molar-refractivity contribution in [2.24, 2.45) is 0 Å². The Kier molecular flexibility index (Phi) is 3.19. The third-order valence-electron chi connectivity index (χ3n) is 3.82. The van der Waals surface area contributed by atoms with Crippen LogP contribution in [0.5, 0.6) is 0 Å². The summed E-state index contributed by atoms with van der Waals surface area (Å²) in [7, 11) is 2.00. The van der Waals surface area contributed by atoms with E-state index in [-0.39, 0.29) is 5.54 Å². The molecule has 0 spiro atoms. The molecule has 0 aliphatic carbocycles. The minimum absolute atomic E-state index is 0.244. The Morgan fingerprint density at radius 3 is 2.11 bits per heavy atom. The number of nitrogens with zero attached hydrogens (tertiary/aromatic N) is 2. The van der Waals surface area contributed by atoms with Gasteiger partial charge in [0.15, 0.2) is 0 Å². The summed E-state index contributed by atoms with van der Waals surface area (Å²) in [6.07, 6.45) is 0. The van der Waals surface area contributed by atoms with E-state index in [9.17, 15) is 5.21 Å². The van der Waals surface area contributed by atoms with E-state index in [1.165, 1.54) is 0 Å². The first kappa shape index (κ1) is 13.4. The Hall–Kier alpha value is -1.00. The van der Waals surface area contributed by atoms with Crippen LogP contribution in [0.3, 0.4) is 0 Å². The van der Waals surface area contributed by atoms with E-state index in [1.54, 1.807) is 11.8 Å². The van der Waals surface area contributed by atoms with Crippen LogP contribution in [0.1, 0.15) is 27.7 Å². The highest BCUT2D eigenvalue weighted by molar-refractivity contribution is 8.14. The molecule has 0 saturated carbocycles. The summed E-state index contributed by atoms with van der Waals surface area (Å²) in [6, 6.07) is 10.0. The van der Waals surface area contributed by atoms with Gasteiger partial charge in [0.2, 0.25) is 10.7 Å². The van der Waals surface area contributed by atoms with E-state index < -0.39 is 5.66 Å². The van der Waals surface area contributed by atoms with Crippen molar-refractivity contribution in [1.82, 2.24) is 4.90 Å². The first-order valence-corrected chi connectivity index (χ1v) is 6.91. The summed E-state index contributed by atoms with van der Waals surface area (Å²) in [4.78, 5) is 3.23. The fraction of sp³-hybridized carbons (Fsp3) is 0.500. The quantitative estimate of drug-likeness (QED) is 0.576. The topological polar surface area (TPSA) is 29.3 Å². The van der Waals surface area contributed by atoms with Crippen LogP contribution >= 0.6 is 11.8 Å². The Balaban J connectivity index is 2.40. The summed E-state index contributed by atoms with van der Waals surface area (Å²) < 4.78 is 1.14. The Labute approximate surface area is 113 Å². The second-order valence-corrected chi connectivity index (χ2v) is 6.69. The van der Waals surface area contributed by atoms with Crippen LogP contribution in [0.2, 0.25) is 0 Å². The van der Waals surface area contributed by atoms with Gasteiger partial charge < -0.3 is 5.21 Å². The van der Waals surface area contributed by atoms with Crippen LogP contribution in [-0.4, -0.2) is 32.9 Å². The van der Waals surface area contributed by atoms with E-state index >= 15 is 0 Å². The molecule has 0 N–H and O–H groups in total. The summed E-state index contributed by atoms with van der Waals surface area (Å²) in [5, 5.41) is 13.3. The molecule has 0 bridgehead atoms. The molecule has 3 nitrogen and oxygen atoms in total. The molecule has 4 heteroatoms. The van der Waals surface area contributed by atoms with E-state index in [4.69, 9.17) is 0 Å². The predicted molar refractivity (Wildman–Crippen MR) is 76.9 cm³/mol. The molecule has 0 aromatic heterocycles. The van der Waals surface area contributed by atoms with E-state index in [1.807, 2.05) is 51.2 Å². The third kappa shape index (κ3) is 1.93. The highest BCUT2D eigenvalue weighted by Crippen LogP contribution is 2.38. The zero-order valence-electron chi connectivity index (χ0n) is 11.6. The molecule has 2 rings (SSSR count). The molecule has 1 aliphatic rings. The van der Waals surface area contributed by atoms with Crippen LogP contribution in [0.15, 0.2) is 35.2 Å². The lowest BCUT2D eigenvalue weighted by Crippen LogP contribution is -2.50. The second-order valence-electron chi connectivity index (χ2n) is 5.63. The Bertz CT molecular complexity index is 480. The van der Waals surface area contributed by atoms with Gasteiger partial charge in [-0.25, -0.2) is 4.90 Å². The molecular weight excluding hydrogens is 244 g/mol. The largest absolute Gasteiger partial charge is 0.622 e. The fourth-order valence-corrected chi connectivity index (χ4v) is 3.44. The molecule has 0 radical (unpaired) electrons. The van der Waals surface area contributed by atoms with Crippen molar-refractivity contribution in [1.29, 1.82) is 0 Å². The summed E-state index contributed by atoms with van der Waals surface area (Å²) in [5.41, 5.74) is -0.744. The lowest BCUT2D eigenvalue weighted by atomic mass is 10.0. The Morgan fingerprint density at radius 1 is 1.11 bits per heavy atom. The minimum Gasteiger partial charge on any atom is -0.622 e. The molecule has 0 atom stereocenters. The van der Waals surface area contributed by atoms with Gasteiger partial charge in [0.05, 0.1) is 0 Å². The van der Waals surface area contributed by atoms with Gasteiger partial charge in [0, 0.05) is 18.7 Å². The lowest BCUT2D eigenvalue weighted by Gasteiger charge is -2.32. The van der Waals surface area contributed by atoms with Gasteiger partial charge in [-0.15, -0.1) is 0 Å². The minimum atomic E-state index is -0.499. The number of hydroxylamine groups is 1.